The molecular weight excluding hydrogens is 164 g/mol. The molecule has 0 saturated heterocycles. The van der Waals surface area contributed by atoms with E-state index in [9.17, 15) is 5.11 Å². The highest BCUT2D eigenvalue weighted by atomic mass is 16.4. The van der Waals surface area contributed by atoms with Crippen LogP contribution in [0.4, 0.5) is 0 Å². The second-order valence-electron chi connectivity index (χ2n) is 3.22. The molecule has 1 saturated carbocycles. The Labute approximate surface area is 69.9 Å². The van der Waals surface area contributed by atoms with Crippen LogP contribution in [0.25, 0.3) is 0 Å². The van der Waals surface area contributed by atoms with Crippen LogP contribution in [-0.2, 0) is 0 Å². The average Bonchev–Trinajstić information content (AvgIpc) is 2.08. The Bertz CT molecular complexity index is 146. The fourth-order valence-corrected chi connectivity index (χ4v) is 1.48. The SMILES string of the molecule is OC[C@@H]1C[C@@H](O)[C@H](O)[C@H](O)[C@@H]1O. The van der Waals surface area contributed by atoms with Crippen molar-refractivity contribution in [3.63, 3.8) is 0 Å². The highest BCUT2D eigenvalue weighted by Gasteiger charge is 2.41. The summed E-state index contributed by atoms with van der Waals surface area (Å²) in [7, 11) is 0. The fraction of sp³-hybridized carbons (Fsp3) is 1.00. The maximum atomic E-state index is 9.24. The van der Waals surface area contributed by atoms with E-state index in [2.05, 4.69) is 0 Å². The molecule has 0 radical (unpaired) electrons. The molecule has 5 nitrogen and oxygen atoms in total. The summed E-state index contributed by atoms with van der Waals surface area (Å²) in [5, 5.41) is 45.3. The van der Waals surface area contributed by atoms with Crippen LogP contribution < -0.4 is 0 Å². The molecule has 0 unspecified atom stereocenters. The van der Waals surface area contributed by atoms with Crippen LogP contribution in [0.3, 0.4) is 0 Å². The Kier molecular flexibility index (Phi) is 3.03. The van der Waals surface area contributed by atoms with E-state index in [1.54, 1.807) is 0 Å². The van der Waals surface area contributed by atoms with E-state index in [4.69, 9.17) is 20.4 Å². The van der Waals surface area contributed by atoms with Crippen LogP contribution in [0.2, 0.25) is 0 Å². The Morgan fingerprint density at radius 2 is 1.50 bits per heavy atom. The van der Waals surface area contributed by atoms with Crippen molar-refractivity contribution in [1.29, 1.82) is 0 Å². The molecule has 0 bridgehead atoms. The molecule has 1 aliphatic carbocycles. The van der Waals surface area contributed by atoms with Gasteiger partial charge in [0.05, 0.1) is 12.2 Å². The van der Waals surface area contributed by atoms with E-state index in [1.807, 2.05) is 0 Å². The molecule has 0 aromatic rings. The summed E-state index contributed by atoms with van der Waals surface area (Å²) in [6, 6.07) is 0. The number of hydrogen-bond acceptors (Lipinski definition) is 5. The first-order valence-electron chi connectivity index (χ1n) is 3.91. The maximum Gasteiger partial charge on any atom is 0.109 e. The third-order valence-corrected chi connectivity index (χ3v) is 2.36. The molecule has 0 aromatic carbocycles. The van der Waals surface area contributed by atoms with E-state index in [0.29, 0.717) is 0 Å². The molecule has 5 atom stereocenters. The molecule has 72 valence electrons. The molecule has 5 N–H and O–H groups in total. The summed E-state index contributed by atoms with van der Waals surface area (Å²) in [5.74, 6) is -0.557. The van der Waals surface area contributed by atoms with Gasteiger partial charge in [-0.05, 0) is 6.42 Å². The van der Waals surface area contributed by atoms with Gasteiger partial charge in [-0.3, -0.25) is 0 Å². The molecular formula is C7H14O5. The number of rotatable bonds is 1. The highest BCUT2D eigenvalue weighted by molar-refractivity contribution is 4.91. The van der Waals surface area contributed by atoms with Crippen LogP contribution in [-0.4, -0.2) is 56.6 Å². The number of aliphatic hydroxyl groups is 5. The van der Waals surface area contributed by atoms with Gasteiger partial charge in [-0.15, -0.1) is 0 Å². The standard InChI is InChI=1S/C7H14O5/c8-2-3-1-4(9)6(11)7(12)5(3)10/h3-12H,1-2H2/t3-,4+,5+,6-,7+/m0/s1. The zero-order valence-electron chi connectivity index (χ0n) is 6.54. The fourth-order valence-electron chi connectivity index (χ4n) is 1.48. The van der Waals surface area contributed by atoms with Gasteiger partial charge >= 0.3 is 0 Å². The van der Waals surface area contributed by atoms with Gasteiger partial charge in [0, 0.05) is 12.5 Å². The average molecular weight is 178 g/mol. The Morgan fingerprint density at radius 3 is 2.00 bits per heavy atom. The second kappa shape index (κ2) is 3.68. The second-order valence-corrected chi connectivity index (χ2v) is 3.22. The summed E-state index contributed by atoms with van der Waals surface area (Å²) in [6.07, 6.45) is -4.81. The summed E-state index contributed by atoms with van der Waals surface area (Å²) < 4.78 is 0. The first-order valence-corrected chi connectivity index (χ1v) is 3.91. The van der Waals surface area contributed by atoms with E-state index >= 15 is 0 Å². The molecule has 0 aliphatic heterocycles. The van der Waals surface area contributed by atoms with Crippen molar-refractivity contribution in [1.82, 2.24) is 0 Å². The topological polar surface area (TPSA) is 101 Å². The van der Waals surface area contributed by atoms with Crippen LogP contribution in [0.15, 0.2) is 0 Å². The first kappa shape index (κ1) is 9.88. The molecule has 12 heavy (non-hydrogen) atoms. The molecule has 5 heteroatoms. The van der Waals surface area contributed by atoms with Gasteiger partial charge in [0.15, 0.2) is 0 Å². The van der Waals surface area contributed by atoms with E-state index in [-0.39, 0.29) is 13.0 Å². The lowest BCUT2D eigenvalue weighted by atomic mass is 9.81. The molecule has 1 rings (SSSR count). The summed E-state index contributed by atoms with van der Waals surface area (Å²) in [4.78, 5) is 0. The summed E-state index contributed by atoms with van der Waals surface area (Å²) in [5.41, 5.74) is 0. The van der Waals surface area contributed by atoms with Crippen LogP contribution >= 0.6 is 0 Å². The maximum absolute atomic E-state index is 9.24. The minimum absolute atomic E-state index is 0.107. The van der Waals surface area contributed by atoms with Gasteiger partial charge in [-0.2, -0.15) is 0 Å². The van der Waals surface area contributed by atoms with Crippen molar-refractivity contribution in [3.8, 4) is 0 Å². The normalized spacial score (nSPS) is 49.2. The third kappa shape index (κ3) is 1.60. The molecule has 1 aliphatic rings. The molecule has 1 fully saturated rings. The van der Waals surface area contributed by atoms with Gasteiger partial charge < -0.3 is 25.5 Å². The molecule has 0 aromatic heterocycles. The van der Waals surface area contributed by atoms with Gasteiger partial charge in [-0.25, -0.2) is 0 Å². The predicted octanol–water partition coefficient (Wildman–Crippen LogP) is -2.56. The monoisotopic (exact) mass is 178 g/mol. The van der Waals surface area contributed by atoms with Crippen LogP contribution in [0.1, 0.15) is 6.42 Å². The van der Waals surface area contributed by atoms with Crippen molar-refractivity contribution < 1.29 is 25.5 Å². The van der Waals surface area contributed by atoms with Crippen molar-refractivity contribution in [2.24, 2.45) is 5.92 Å². The van der Waals surface area contributed by atoms with E-state index < -0.39 is 30.3 Å². The zero-order valence-corrected chi connectivity index (χ0v) is 6.54. The van der Waals surface area contributed by atoms with Crippen molar-refractivity contribution >= 4 is 0 Å². The van der Waals surface area contributed by atoms with Crippen molar-refractivity contribution in [2.45, 2.75) is 30.8 Å². The Balaban J connectivity index is 2.63. The van der Waals surface area contributed by atoms with Crippen molar-refractivity contribution in [2.75, 3.05) is 6.61 Å². The van der Waals surface area contributed by atoms with E-state index in [1.165, 1.54) is 0 Å². The minimum atomic E-state index is -1.37. The van der Waals surface area contributed by atoms with Gasteiger partial charge in [-0.1, -0.05) is 0 Å². The first-order chi connectivity index (χ1) is 5.57. The Hall–Kier alpha value is -0.200. The van der Waals surface area contributed by atoms with Crippen LogP contribution in [0, 0.1) is 5.92 Å². The van der Waals surface area contributed by atoms with Gasteiger partial charge in [0.2, 0.25) is 0 Å². The number of hydrogen-bond donors (Lipinski definition) is 5. The molecule has 0 spiro atoms. The summed E-state index contributed by atoms with van der Waals surface area (Å²) in [6.45, 7) is -0.304. The van der Waals surface area contributed by atoms with E-state index in [0.717, 1.165) is 0 Å². The third-order valence-electron chi connectivity index (χ3n) is 2.36. The summed E-state index contributed by atoms with van der Waals surface area (Å²) >= 11 is 0. The quantitative estimate of drug-likeness (QED) is 0.304. The zero-order chi connectivity index (χ0) is 9.30. The lowest BCUT2D eigenvalue weighted by Crippen LogP contribution is -2.54. The van der Waals surface area contributed by atoms with Crippen LogP contribution in [0.5, 0.6) is 0 Å². The van der Waals surface area contributed by atoms with Crippen molar-refractivity contribution in [3.05, 3.63) is 0 Å². The Morgan fingerprint density at radius 1 is 0.917 bits per heavy atom. The lowest BCUT2D eigenvalue weighted by Gasteiger charge is -2.37. The smallest absolute Gasteiger partial charge is 0.109 e. The highest BCUT2D eigenvalue weighted by Crippen LogP contribution is 2.25. The molecule has 0 amide bonds. The van der Waals surface area contributed by atoms with Gasteiger partial charge in [0.25, 0.3) is 0 Å². The lowest BCUT2D eigenvalue weighted by molar-refractivity contribution is -0.163. The number of aliphatic hydroxyl groups excluding tert-OH is 5. The molecule has 0 heterocycles. The van der Waals surface area contributed by atoms with Gasteiger partial charge in [0.1, 0.15) is 12.2 Å². The predicted molar refractivity (Wildman–Crippen MR) is 39.2 cm³/mol. The largest absolute Gasteiger partial charge is 0.396 e. The minimum Gasteiger partial charge on any atom is -0.396 e.